The number of aryl methyl sites for hydroxylation is 1. The van der Waals surface area contributed by atoms with Crippen LogP contribution in [-0.2, 0) is 11.2 Å². The molecule has 2 aromatic heterocycles. The van der Waals surface area contributed by atoms with E-state index >= 15 is 4.39 Å². The van der Waals surface area contributed by atoms with E-state index in [4.69, 9.17) is 4.98 Å². The Morgan fingerprint density at radius 1 is 1.14 bits per heavy atom. The van der Waals surface area contributed by atoms with Crippen LogP contribution in [0.25, 0.3) is 32.9 Å². The molecule has 2 aromatic carbocycles. The van der Waals surface area contributed by atoms with Gasteiger partial charge in [0.2, 0.25) is 5.95 Å². The molecule has 11 nitrogen and oxygen atoms in total. The number of amides is 3. The number of carbonyl (C=O) groups is 2. The van der Waals surface area contributed by atoms with Gasteiger partial charge in [0.05, 0.1) is 11.9 Å². The molecule has 5 heterocycles. The number of nitrogens with one attached hydrogen (secondary N) is 2. The summed E-state index contributed by atoms with van der Waals surface area (Å²) in [5.41, 5.74) is -0.507. The van der Waals surface area contributed by atoms with Crippen LogP contribution in [0.5, 0.6) is 5.75 Å². The Balaban J connectivity index is 1.41. The van der Waals surface area contributed by atoms with Crippen molar-refractivity contribution in [2.75, 3.05) is 50.1 Å². The van der Waals surface area contributed by atoms with Crippen molar-refractivity contribution in [2.24, 2.45) is 0 Å². The number of pyridine rings is 1. The predicted octanol–water partition coefficient (Wildman–Crippen LogP) is 3.32. The van der Waals surface area contributed by atoms with E-state index in [1.54, 1.807) is 6.07 Å². The number of fused-ring (bicyclic) bond motifs is 2. The van der Waals surface area contributed by atoms with Crippen LogP contribution in [0.4, 0.5) is 25.3 Å². The van der Waals surface area contributed by atoms with Crippen LogP contribution in [0.15, 0.2) is 30.5 Å². The minimum absolute atomic E-state index is 0.0220. The monoisotopic (exact) mass is 602 g/mol. The molecule has 3 saturated heterocycles. The van der Waals surface area contributed by atoms with Crippen LogP contribution < -0.4 is 20.4 Å². The largest absolute Gasteiger partial charge is 0.508 e. The molecule has 3 aliphatic rings. The van der Waals surface area contributed by atoms with E-state index in [9.17, 15) is 19.1 Å². The van der Waals surface area contributed by atoms with Crippen molar-refractivity contribution in [3.63, 3.8) is 0 Å². The molecule has 3 amide bonds. The van der Waals surface area contributed by atoms with Crippen LogP contribution >= 0.6 is 0 Å². The molecule has 3 N–H and O–H groups in total. The molecule has 1 spiro atoms. The fourth-order valence-electron chi connectivity index (χ4n) is 6.63. The Bertz CT molecular complexity index is 1860. The Morgan fingerprint density at radius 2 is 1.93 bits per heavy atom. The lowest BCUT2D eigenvalue weighted by molar-refractivity contribution is -0.124. The molecule has 13 heteroatoms. The summed E-state index contributed by atoms with van der Waals surface area (Å²) in [6.45, 7) is 3.79. The standard InChI is InChI=1S/C31H32F2N8O3/c1-4-19-22(32)7-6-16-10-18(42)11-20(23(16)19)25-24(33)26-21(12-34-25)27(36-29(35-26)41-13-17(14-41)39(2)3)40-9-5-8-31(15-40)28(43)37-30(44)38-31/h6-7,10-12,17,42H,4-5,8-9,13-15H2,1-3H3,(H2,37,38,43,44). The van der Waals surface area contributed by atoms with E-state index < -0.39 is 29.1 Å². The number of hydrogen-bond donors (Lipinski definition) is 3. The molecular formula is C31H32F2N8O3. The van der Waals surface area contributed by atoms with Crippen molar-refractivity contribution in [1.29, 1.82) is 0 Å². The van der Waals surface area contributed by atoms with Gasteiger partial charge in [0.15, 0.2) is 5.82 Å². The highest BCUT2D eigenvalue weighted by molar-refractivity contribution is 6.08. The number of imide groups is 1. The second-order valence-corrected chi connectivity index (χ2v) is 12.0. The molecule has 0 aliphatic carbocycles. The third kappa shape index (κ3) is 4.36. The van der Waals surface area contributed by atoms with Gasteiger partial charge in [-0.2, -0.15) is 4.98 Å². The number of halogens is 2. The molecular weight excluding hydrogens is 570 g/mol. The highest BCUT2D eigenvalue weighted by atomic mass is 19.1. The summed E-state index contributed by atoms with van der Waals surface area (Å²) in [5.74, 6) is -0.905. The second-order valence-electron chi connectivity index (χ2n) is 12.0. The first-order valence-electron chi connectivity index (χ1n) is 14.7. The summed E-state index contributed by atoms with van der Waals surface area (Å²) < 4.78 is 31.7. The smallest absolute Gasteiger partial charge is 0.322 e. The van der Waals surface area contributed by atoms with Crippen LogP contribution in [0.2, 0.25) is 0 Å². The highest BCUT2D eigenvalue weighted by Gasteiger charge is 2.49. The van der Waals surface area contributed by atoms with E-state index in [1.807, 2.05) is 30.8 Å². The minimum Gasteiger partial charge on any atom is -0.508 e. The number of piperidine rings is 1. The van der Waals surface area contributed by atoms with Crippen molar-refractivity contribution in [3.05, 3.63) is 47.7 Å². The van der Waals surface area contributed by atoms with Gasteiger partial charge >= 0.3 is 6.03 Å². The summed E-state index contributed by atoms with van der Waals surface area (Å²) >= 11 is 0. The lowest BCUT2D eigenvalue weighted by Gasteiger charge is -2.43. The number of urea groups is 1. The van der Waals surface area contributed by atoms with Gasteiger partial charge in [0, 0.05) is 37.4 Å². The Hall–Kier alpha value is -4.65. The molecule has 3 aliphatic heterocycles. The number of anilines is 2. The van der Waals surface area contributed by atoms with Crippen molar-refractivity contribution in [1.82, 2.24) is 30.5 Å². The average molecular weight is 603 g/mol. The SMILES string of the molecule is CCc1c(F)ccc2cc(O)cc(-c3ncc4c(N5CCCC6(C5)NC(=O)NC6=O)nc(N5CC(N(C)C)C5)nc4c3F)c12. The first-order chi connectivity index (χ1) is 21.1. The predicted molar refractivity (Wildman–Crippen MR) is 162 cm³/mol. The maximum Gasteiger partial charge on any atom is 0.322 e. The number of aromatic hydroxyl groups is 1. The van der Waals surface area contributed by atoms with Crippen molar-refractivity contribution >= 4 is 45.4 Å². The fraction of sp³-hybridized carbons (Fsp3) is 0.387. The molecule has 4 aromatic rings. The van der Waals surface area contributed by atoms with Crippen LogP contribution in [0.3, 0.4) is 0 Å². The topological polar surface area (TPSA) is 127 Å². The van der Waals surface area contributed by atoms with E-state index in [0.717, 1.165) is 0 Å². The second kappa shape index (κ2) is 10.2. The van der Waals surface area contributed by atoms with E-state index in [2.05, 4.69) is 25.5 Å². The van der Waals surface area contributed by atoms with Gasteiger partial charge in [0.1, 0.15) is 34.1 Å². The number of hydrogen-bond acceptors (Lipinski definition) is 9. The number of nitrogens with zero attached hydrogens (tertiary/aromatic N) is 6. The molecule has 0 saturated carbocycles. The Morgan fingerprint density at radius 3 is 2.64 bits per heavy atom. The number of rotatable bonds is 5. The summed E-state index contributed by atoms with van der Waals surface area (Å²) in [6, 6.07) is 5.55. The summed E-state index contributed by atoms with van der Waals surface area (Å²) in [5, 5.41) is 17.0. The number of benzene rings is 2. The normalized spacial score (nSPS) is 20.6. The van der Waals surface area contributed by atoms with Crippen LogP contribution in [-0.4, -0.2) is 88.8 Å². The first-order valence-corrected chi connectivity index (χ1v) is 14.7. The zero-order valence-corrected chi connectivity index (χ0v) is 24.6. The quantitative estimate of drug-likeness (QED) is 0.295. The first kappa shape index (κ1) is 28.1. The minimum atomic E-state index is -1.12. The van der Waals surface area contributed by atoms with Gasteiger partial charge < -0.3 is 25.1 Å². The van der Waals surface area contributed by atoms with E-state index in [1.165, 1.54) is 24.4 Å². The van der Waals surface area contributed by atoms with Gasteiger partial charge in [-0.15, -0.1) is 0 Å². The number of carbonyl (C=O) groups excluding carboxylic acids is 2. The average Bonchev–Trinajstić information content (AvgIpc) is 3.23. The summed E-state index contributed by atoms with van der Waals surface area (Å²) in [6.07, 6.45) is 2.90. The zero-order valence-electron chi connectivity index (χ0n) is 24.6. The Labute approximate surface area is 251 Å². The lowest BCUT2D eigenvalue weighted by atomic mass is 9.89. The molecule has 0 radical (unpaired) electrons. The maximum atomic E-state index is 16.8. The number of phenolic OH excluding ortho intramolecular Hbond substituents is 1. The molecule has 7 rings (SSSR count). The summed E-state index contributed by atoms with van der Waals surface area (Å²) in [4.78, 5) is 44.9. The molecule has 44 heavy (non-hydrogen) atoms. The maximum absolute atomic E-state index is 16.8. The molecule has 1 unspecified atom stereocenters. The number of phenols is 1. The van der Waals surface area contributed by atoms with E-state index in [-0.39, 0.29) is 35.1 Å². The number of aromatic nitrogens is 3. The molecule has 228 valence electrons. The molecule has 0 bridgehead atoms. The van der Waals surface area contributed by atoms with Gasteiger partial charge in [-0.1, -0.05) is 13.0 Å². The van der Waals surface area contributed by atoms with Gasteiger partial charge in [-0.25, -0.2) is 18.6 Å². The van der Waals surface area contributed by atoms with Crippen LogP contribution in [0.1, 0.15) is 25.3 Å². The van der Waals surface area contributed by atoms with Gasteiger partial charge in [0.25, 0.3) is 5.91 Å². The molecule has 1 atom stereocenters. The third-order valence-corrected chi connectivity index (χ3v) is 9.10. The van der Waals surface area contributed by atoms with Crippen LogP contribution in [0, 0.1) is 11.6 Å². The number of likely N-dealkylation sites (N-methyl/N-ethyl adjacent to an activating group) is 1. The highest BCUT2D eigenvalue weighted by Crippen LogP contribution is 2.40. The zero-order chi connectivity index (χ0) is 30.9. The summed E-state index contributed by atoms with van der Waals surface area (Å²) in [7, 11) is 3.99. The van der Waals surface area contributed by atoms with Crippen molar-refractivity contribution in [3.8, 4) is 17.0 Å². The molecule has 3 fully saturated rings. The van der Waals surface area contributed by atoms with E-state index in [0.29, 0.717) is 72.4 Å². The van der Waals surface area contributed by atoms with Gasteiger partial charge in [-0.05, 0) is 67.9 Å². The third-order valence-electron chi connectivity index (χ3n) is 9.10. The van der Waals surface area contributed by atoms with Crippen molar-refractivity contribution < 1.29 is 23.5 Å². The van der Waals surface area contributed by atoms with Gasteiger partial charge in [-0.3, -0.25) is 15.1 Å². The van der Waals surface area contributed by atoms with Crippen molar-refractivity contribution in [2.45, 2.75) is 37.8 Å². The fourth-order valence-corrected chi connectivity index (χ4v) is 6.63. The lowest BCUT2D eigenvalue weighted by Crippen LogP contribution is -2.59. The Kier molecular flexibility index (Phi) is 6.54.